The predicted octanol–water partition coefficient (Wildman–Crippen LogP) is 5.69. The van der Waals surface area contributed by atoms with Crippen molar-refractivity contribution in [3.05, 3.63) is 117 Å². The highest BCUT2D eigenvalue weighted by molar-refractivity contribution is 7.71. The first-order valence-corrected chi connectivity index (χ1v) is 11.1. The molecule has 5 aromatic rings. The maximum atomic E-state index is 13.1. The van der Waals surface area contributed by atoms with Crippen LogP contribution in [0.25, 0.3) is 27.4 Å². The molecule has 4 aromatic carbocycles. The fourth-order valence-corrected chi connectivity index (χ4v) is 4.31. The van der Waals surface area contributed by atoms with Gasteiger partial charge in [-0.05, 0) is 71.9 Å². The van der Waals surface area contributed by atoms with Gasteiger partial charge in [-0.1, -0.05) is 54.6 Å². The summed E-state index contributed by atoms with van der Waals surface area (Å²) in [7, 11) is 0. The number of rotatable bonds is 4. The van der Waals surface area contributed by atoms with Crippen molar-refractivity contribution in [3.8, 4) is 5.69 Å². The van der Waals surface area contributed by atoms with Gasteiger partial charge in [-0.3, -0.25) is 14.2 Å². The number of H-pyrrole nitrogens is 1. The zero-order chi connectivity index (χ0) is 22.9. The molecule has 1 atom stereocenters. The van der Waals surface area contributed by atoms with E-state index < -0.39 is 0 Å². The molecule has 2 N–H and O–H groups in total. The van der Waals surface area contributed by atoms with Crippen molar-refractivity contribution < 1.29 is 4.79 Å². The molecule has 1 heterocycles. The van der Waals surface area contributed by atoms with Gasteiger partial charge in [-0.25, -0.2) is 0 Å². The van der Waals surface area contributed by atoms with Crippen molar-refractivity contribution in [2.45, 2.75) is 13.0 Å². The summed E-state index contributed by atoms with van der Waals surface area (Å²) in [5.74, 6) is -0.218. The van der Waals surface area contributed by atoms with E-state index >= 15 is 0 Å². The molecule has 0 bridgehead atoms. The van der Waals surface area contributed by atoms with Crippen LogP contribution in [0.1, 0.15) is 28.9 Å². The molecule has 33 heavy (non-hydrogen) atoms. The normalized spacial score (nSPS) is 12.0. The molecule has 1 amide bonds. The number of aromatic amines is 1. The third-order valence-corrected chi connectivity index (χ3v) is 6.08. The second kappa shape index (κ2) is 8.48. The Morgan fingerprint density at radius 1 is 0.909 bits per heavy atom. The Morgan fingerprint density at radius 3 is 2.42 bits per heavy atom. The monoisotopic (exact) mass is 451 g/mol. The average molecular weight is 452 g/mol. The molecular formula is C27H21N3O2S. The molecule has 162 valence electrons. The third kappa shape index (κ3) is 3.97. The van der Waals surface area contributed by atoms with E-state index in [0.29, 0.717) is 22.2 Å². The maximum Gasteiger partial charge on any atom is 0.266 e. The number of fused-ring (bicyclic) bond motifs is 2. The molecular weight excluding hydrogens is 430 g/mol. The van der Waals surface area contributed by atoms with Crippen molar-refractivity contribution in [3.63, 3.8) is 0 Å². The van der Waals surface area contributed by atoms with E-state index in [1.54, 1.807) is 18.2 Å². The van der Waals surface area contributed by atoms with E-state index in [2.05, 4.69) is 34.6 Å². The van der Waals surface area contributed by atoms with Crippen molar-refractivity contribution in [1.29, 1.82) is 0 Å². The lowest BCUT2D eigenvalue weighted by Crippen LogP contribution is -2.27. The Labute approximate surface area is 195 Å². The van der Waals surface area contributed by atoms with Crippen LogP contribution in [0.5, 0.6) is 0 Å². The van der Waals surface area contributed by atoms with Crippen LogP contribution < -0.4 is 10.9 Å². The van der Waals surface area contributed by atoms with E-state index in [1.165, 1.54) is 4.57 Å². The average Bonchev–Trinajstić information content (AvgIpc) is 2.84. The summed E-state index contributed by atoms with van der Waals surface area (Å²) in [6.07, 6.45) is 0. The van der Waals surface area contributed by atoms with Crippen molar-refractivity contribution >= 4 is 39.8 Å². The molecule has 0 saturated carbocycles. The van der Waals surface area contributed by atoms with Gasteiger partial charge in [0.2, 0.25) is 0 Å². The highest BCUT2D eigenvalue weighted by atomic mass is 32.1. The highest BCUT2D eigenvalue weighted by Crippen LogP contribution is 2.21. The molecule has 5 nitrogen and oxygen atoms in total. The Morgan fingerprint density at radius 2 is 1.64 bits per heavy atom. The lowest BCUT2D eigenvalue weighted by atomic mass is 10.0. The highest BCUT2D eigenvalue weighted by Gasteiger charge is 2.14. The van der Waals surface area contributed by atoms with Gasteiger partial charge in [-0.2, -0.15) is 0 Å². The van der Waals surface area contributed by atoms with E-state index in [0.717, 1.165) is 16.3 Å². The first-order valence-electron chi connectivity index (χ1n) is 10.7. The van der Waals surface area contributed by atoms with Crippen LogP contribution >= 0.6 is 12.2 Å². The van der Waals surface area contributed by atoms with Gasteiger partial charge in [0.05, 0.1) is 22.6 Å². The van der Waals surface area contributed by atoms with Crippen LogP contribution in [0.4, 0.5) is 0 Å². The number of nitrogens with one attached hydrogen (secondary N) is 2. The van der Waals surface area contributed by atoms with Crippen LogP contribution in [-0.2, 0) is 0 Å². The minimum atomic E-state index is -0.226. The van der Waals surface area contributed by atoms with Crippen LogP contribution in [0.2, 0.25) is 0 Å². The summed E-state index contributed by atoms with van der Waals surface area (Å²) in [6.45, 7) is 1.95. The van der Waals surface area contributed by atoms with Gasteiger partial charge < -0.3 is 10.3 Å². The summed E-state index contributed by atoms with van der Waals surface area (Å²) in [5, 5.41) is 5.80. The first-order chi connectivity index (χ1) is 16.0. The first kappa shape index (κ1) is 20.8. The van der Waals surface area contributed by atoms with Gasteiger partial charge in [-0.15, -0.1) is 0 Å². The smallest absolute Gasteiger partial charge is 0.266 e. The van der Waals surface area contributed by atoms with Crippen LogP contribution in [-0.4, -0.2) is 15.5 Å². The van der Waals surface area contributed by atoms with Crippen LogP contribution in [0, 0.1) is 4.77 Å². The summed E-state index contributed by atoms with van der Waals surface area (Å²) >= 11 is 5.44. The Balaban J connectivity index is 1.45. The molecule has 0 aliphatic carbocycles. The number of amides is 1. The molecule has 0 radical (unpaired) electrons. The van der Waals surface area contributed by atoms with Gasteiger partial charge in [0.15, 0.2) is 4.77 Å². The summed E-state index contributed by atoms with van der Waals surface area (Å²) in [5.41, 5.74) is 2.47. The Bertz CT molecular complexity index is 1620. The van der Waals surface area contributed by atoms with E-state index in [9.17, 15) is 9.59 Å². The second-order valence-corrected chi connectivity index (χ2v) is 8.36. The van der Waals surface area contributed by atoms with Gasteiger partial charge >= 0.3 is 0 Å². The SMILES string of the molecule is CC(NC(=O)c1ccc2c(=O)n(-c3ccccc3)c(=S)[nH]c2c1)c1ccc2ccccc2c1. The molecule has 6 heteroatoms. The van der Waals surface area contributed by atoms with E-state index in [-0.39, 0.29) is 22.3 Å². The molecule has 5 rings (SSSR count). The lowest BCUT2D eigenvalue weighted by molar-refractivity contribution is 0.0940. The molecule has 1 unspecified atom stereocenters. The summed E-state index contributed by atoms with van der Waals surface area (Å²) in [6, 6.07) is 28.4. The number of aromatic nitrogens is 2. The molecule has 0 fully saturated rings. The minimum absolute atomic E-state index is 0.178. The number of carbonyl (C=O) groups excluding carboxylic acids is 1. The topological polar surface area (TPSA) is 66.9 Å². The summed E-state index contributed by atoms with van der Waals surface area (Å²) in [4.78, 5) is 29.1. The molecule has 0 spiro atoms. The number of para-hydroxylation sites is 1. The molecule has 0 aliphatic rings. The Hall–Kier alpha value is -4.03. The van der Waals surface area contributed by atoms with Crippen LogP contribution in [0.15, 0.2) is 95.8 Å². The number of hydrogen-bond donors (Lipinski definition) is 2. The van der Waals surface area contributed by atoms with Crippen molar-refractivity contribution in [1.82, 2.24) is 14.9 Å². The Kier molecular flexibility index (Phi) is 5.36. The largest absolute Gasteiger partial charge is 0.346 e. The van der Waals surface area contributed by atoms with Crippen molar-refractivity contribution in [2.24, 2.45) is 0 Å². The van der Waals surface area contributed by atoms with Gasteiger partial charge in [0.25, 0.3) is 11.5 Å². The number of carbonyl (C=O) groups is 1. The van der Waals surface area contributed by atoms with E-state index in [4.69, 9.17) is 12.2 Å². The fourth-order valence-electron chi connectivity index (χ4n) is 4.01. The van der Waals surface area contributed by atoms with E-state index in [1.807, 2.05) is 55.5 Å². The minimum Gasteiger partial charge on any atom is -0.346 e. The third-order valence-electron chi connectivity index (χ3n) is 5.80. The maximum absolute atomic E-state index is 13.1. The predicted molar refractivity (Wildman–Crippen MR) is 135 cm³/mol. The zero-order valence-electron chi connectivity index (χ0n) is 17.9. The standard InChI is InChI=1S/C27H21N3O2S/c1-17(19-12-11-18-7-5-6-8-20(18)15-19)28-25(31)21-13-14-23-24(16-21)29-27(33)30(26(23)32)22-9-3-2-4-10-22/h2-17H,1H3,(H,28,31)(H,29,33). The van der Waals surface area contributed by atoms with Gasteiger partial charge in [0.1, 0.15) is 0 Å². The summed E-state index contributed by atoms with van der Waals surface area (Å²) < 4.78 is 1.74. The van der Waals surface area contributed by atoms with Crippen molar-refractivity contribution in [2.75, 3.05) is 0 Å². The van der Waals surface area contributed by atoms with Gasteiger partial charge in [0, 0.05) is 5.56 Å². The zero-order valence-corrected chi connectivity index (χ0v) is 18.7. The number of benzene rings is 4. The molecule has 0 saturated heterocycles. The van der Waals surface area contributed by atoms with Crippen LogP contribution in [0.3, 0.4) is 0 Å². The quantitative estimate of drug-likeness (QED) is 0.345. The number of nitrogens with zero attached hydrogens (tertiary/aromatic N) is 1. The molecule has 1 aromatic heterocycles. The fraction of sp³-hybridized carbons (Fsp3) is 0.0741. The number of hydrogen-bond acceptors (Lipinski definition) is 3. The lowest BCUT2D eigenvalue weighted by Gasteiger charge is -2.15. The second-order valence-electron chi connectivity index (χ2n) is 7.97. The molecule has 0 aliphatic heterocycles.